The van der Waals surface area contributed by atoms with Crippen molar-refractivity contribution in [3.8, 4) is 0 Å². The number of hydrogen-bond acceptors (Lipinski definition) is 3. The van der Waals surface area contributed by atoms with Crippen LogP contribution in [-0.4, -0.2) is 26.7 Å². The number of carboxylic acid groups (broad SMARTS) is 1. The average Bonchev–Trinajstić information content (AvgIpc) is 2.12. The molecule has 0 aliphatic rings. The highest BCUT2D eigenvalue weighted by Crippen LogP contribution is 2.15. The van der Waals surface area contributed by atoms with E-state index in [0.717, 1.165) is 5.01 Å². The van der Waals surface area contributed by atoms with Gasteiger partial charge in [0.1, 0.15) is 5.82 Å². The van der Waals surface area contributed by atoms with E-state index in [1.54, 1.807) is 20.8 Å². The molecule has 1 aromatic heterocycles. The van der Waals surface area contributed by atoms with Gasteiger partial charge in [-0.1, -0.05) is 6.07 Å². The zero-order valence-electron chi connectivity index (χ0n) is 9.36. The summed E-state index contributed by atoms with van der Waals surface area (Å²) in [5.41, 5.74) is 1.89. The molecule has 16 heavy (non-hydrogen) atoms. The number of nitrogens with one attached hydrogen (secondary N) is 1. The largest absolute Gasteiger partial charge is 0.464 e. The highest BCUT2D eigenvalue weighted by molar-refractivity contribution is 5.67. The van der Waals surface area contributed by atoms with Crippen molar-refractivity contribution in [3.05, 3.63) is 24.1 Å². The molecule has 6 heteroatoms. The number of nitrogens with zero attached hydrogens (tertiary/aromatic N) is 2. The summed E-state index contributed by atoms with van der Waals surface area (Å²) in [7, 11) is 0. The maximum absolute atomic E-state index is 12.8. The maximum atomic E-state index is 12.8. The van der Waals surface area contributed by atoms with Crippen LogP contribution in [0.3, 0.4) is 0 Å². The van der Waals surface area contributed by atoms with Gasteiger partial charge in [-0.05, 0) is 32.9 Å². The normalized spacial score (nSPS) is 11.0. The molecule has 0 aliphatic carbocycles. The third-order valence-corrected chi connectivity index (χ3v) is 1.80. The van der Waals surface area contributed by atoms with Crippen LogP contribution in [0.15, 0.2) is 18.2 Å². The summed E-state index contributed by atoms with van der Waals surface area (Å²) in [6, 6.07) is 4.13. The molecule has 0 saturated carbocycles. The summed E-state index contributed by atoms with van der Waals surface area (Å²) in [6.07, 6.45) is -1.15. The van der Waals surface area contributed by atoms with E-state index in [2.05, 4.69) is 10.4 Å². The zero-order chi connectivity index (χ0) is 12.3. The molecule has 2 N–H and O–H groups in total. The lowest BCUT2D eigenvalue weighted by Gasteiger charge is -2.33. The predicted octanol–water partition coefficient (Wildman–Crippen LogP) is 2.33. The second-order valence-electron chi connectivity index (χ2n) is 4.25. The Kier molecular flexibility index (Phi) is 3.31. The van der Waals surface area contributed by atoms with Crippen molar-refractivity contribution in [3.63, 3.8) is 0 Å². The molecule has 1 heterocycles. The first-order chi connectivity index (χ1) is 7.30. The molecule has 88 valence electrons. The third kappa shape index (κ3) is 3.08. The summed E-state index contributed by atoms with van der Waals surface area (Å²) in [4.78, 5) is 14.5. The highest BCUT2D eigenvalue weighted by Gasteiger charge is 2.26. The summed E-state index contributed by atoms with van der Waals surface area (Å²) >= 11 is 0. The molecule has 0 saturated heterocycles. The lowest BCUT2D eigenvalue weighted by atomic mass is 10.1. The Morgan fingerprint density at radius 2 is 2.12 bits per heavy atom. The van der Waals surface area contributed by atoms with Crippen LogP contribution in [0.4, 0.5) is 15.0 Å². The quantitative estimate of drug-likeness (QED) is 0.601. The number of hydrogen-bond donors (Lipinski definition) is 2. The van der Waals surface area contributed by atoms with E-state index in [1.165, 1.54) is 18.2 Å². The molecule has 1 amide bonds. The van der Waals surface area contributed by atoms with Crippen molar-refractivity contribution in [2.24, 2.45) is 0 Å². The molecule has 0 atom stereocenters. The Morgan fingerprint density at radius 3 is 2.56 bits per heavy atom. The summed E-state index contributed by atoms with van der Waals surface area (Å²) in [5, 5.41) is 9.95. The molecular formula is C10H14FN3O2. The van der Waals surface area contributed by atoms with E-state index in [9.17, 15) is 9.18 Å². The van der Waals surface area contributed by atoms with E-state index in [1.807, 2.05) is 0 Å². The highest BCUT2D eigenvalue weighted by atomic mass is 19.1. The van der Waals surface area contributed by atoms with Crippen LogP contribution in [-0.2, 0) is 0 Å². The molecule has 0 spiro atoms. The van der Waals surface area contributed by atoms with Crippen molar-refractivity contribution in [1.29, 1.82) is 0 Å². The van der Waals surface area contributed by atoms with Gasteiger partial charge in [0.25, 0.3) is 0 Å². The van der Waals surface area contributed by atoms with Crippen LogP contribution in [0.25, 0.3) is 0 Å². The number of halogens is 1. The van der Waals surface area contributed by atoms with E-state index < -0.39 is 17.6 Å². The van der Waals surface area contributed by atoms with Crippen molar-refractivity contribution in [2.75, 3.05) is 5.43 Å². The summed E-state index contributed by atoms with van der Waals surface area (Å²) in [6.45, 7) is 5.15. The number of anilines is 1. The van der Waals surface area contributed by atoms with E-state index in [0.29, 0.717) is 0 Å². The van der Waals surface area contributed by atoms with Gasteiger partial charge in [0, 0.05) is 0 Å². The Hall–Kier alpha value is -1.85. The fourth-order valence-electron chi connectivity index (χ4n) is 1.09. The van der Waals surface area contributed by atoms with E-state index in [4.69, 9.17) is 5.11 Å². The monoisotopic (exact) mass is 227 g/mol. The van der Waals surface area contributed by atoms with Gasteiger partial charge >= 0.3 is 6.09 Å². The van der Waals surface area contributed by atoms with Gasteiger partial charge in [-0.2, -0.15) is 4.39 Å². The molecular weight excluding hydrogens is 213 g/mol. The second kappa shape index (κ2) is 4.34. The van der Waals surface area contributed by atoms with Crippen molar-refractivity contribution < 1.29 is 14.3 Å². The van der Waals surface area contributed by atoms with Gasteiger partial charge in [-0.15, -0.1) is 0 Å². The van der Waals surface area contributed by atoms with Gasteiger partial charge in [0.05, 0.1) is 5.54 Å². The summed E-state index contributed by atoms with van der Waals surface area (Å²) in [5.74, 6) is -0.512. The van der Waals surface area contributed by atoms with E-state index >= 15 is 0 Å². The molecule has 0 bridgehead atoms. The minimum absolute atomic E-state index is 0.150. The second-order valence-corrected chi connectivity index (χ2v) is 4.25. The minimum Gasteiger partial charge on any atom is -0.464 e. The van der Waals surface area contributed by atoms with Crippen LogP contribution in [0.5, 0.6) is 0 Å². The fourth-order valence-corrected chi connectivity index (χ4v) is 1.09. The van der Waals surface area contributed by atoms with Crippen molar-refractivity contribution in [1.82, 2.24) is 9.99 Å². The van der Waals surface area contributed by atoms with Crippen LogP contribution in [0, 0.1) is 5.95 Å². The molecule has 1 aromatic rings. The average molecular weight is 227 g/mol. The number of carbonyl (C=O) groups is 1. The molecule has 0 aromatic carbocycles. The Balaban J connectivity index is 2.89. The SMILES string of the molecule is CC(C)(C)N(Nc1cccc(F)n1)C(=O)O. The number of aromatic nitrogens is 1. The lowest BCUT2D eigenvalue weighted by molar-refractivity contribution is 0.116. The molecule has 0 unspecified atom stereocenters. The maximum Gasteiger partial charge on any atom is 0.426 e. The van der Waals surface area contributed by atoms with Gasteiger partial charge in [0.15, 0.2) is 0 Å². The fraction of sp³-hybridized carbons (Fsp3) is 0.400. The first-order valence-corrected chi connectivity index (χ1v) is 4.73. The predicted molar refractivity (Wildman–Crippen MR) is 57.4 cm³/mol. The molecule has 1 rings (SSSR count). The molecule has 0 radical (unpaired) electrons. The van der Waals surface area contributed by atoms with Gasteiger partial charge < -0.3 is 5.11 Å². The Labute approximate surface area is 92.9 Å². The summed E-state index contributed by atoms with van der Waals surface area (Å²) < 4.78 is 12.8. The third-order valence-electron chi connectivity index (χ3n) is 1.80. The number of rotatable bonds is 2. The Bertz CT molecular complexity index is 390. The molecule has 0 fully saturated rings. The first-order valence-electron chi connectivity index (χ1n) is 4.73. The number of amides is 1. The van der Waals surface area contributed by atoms with Crippen molar-refractivity contribution >= 4 is 11.9 Å². The molecule has 5 nitrogen and oxygen atoms in total. The van der Waals surface area contributed by atoms with Crippen molar-refractivity contribution in [2.45, 2.75) is 26.3 Å². The lowest BCUT2D eigenvalue weighted by Crippen LogP contribution is -2.48. The van der Waals surface area contributed by atoms with Gasteiger partial charge in [0.2, 0.25) is 5.95 Å². The number of hydrazine groups is 1. The van der Waals surface area contributed by atoms with Crippen LogP contribution < -0.4 is 5.43 Å². The van der Waals surface area contributed by atoms with Crippen LogP contribution in [0.2, 0.25) is 0 Å². The van der Waals surface area contributed by atoms with E-state index in [-0.39, 0.29) is 5.82 Å². The first kappa shape index (κ1) is 12.2. The zero-order valence-corrected chi connectivity index (χ0v) is 9.36. The van der Waals surface area contributed by atoms with Gasteiger partial charge in [-0.25, -0.2) is 14.8 Å². The number of pyridine rings is 1. The minimum atomic E-state index is -1.15. The van der Waals surface area contributed by atoms with Gasteiger partial charge in [-0.3, -0.25) is 5.43 Å². The Morgan fingerprint density at radius 1 is 1.50 bits per heavy atom. The van der Waals surface area contributed by atoms with Crippen LogP contribution >= 0.6 is 0 Å². The topological polar surface area (TPSA) is 65.5 Å². The van der Waals surface area contributed by atoms with Crippen LogP contribution in [0.1, 0.15) is 20.8 Å². The molecule has 0 aliphatic heterocycles. The standard InChI is InChI=1S/C10H14FN3O2/c1-10(2,3)14(9(15)16)13-8-6-4-5-7(11)12-8/h4-6H,1-3H3,(H,12,13)(H,15,16). The smallest absolute Gasteiger partial charge is 0.426 e.